The fourth-order valence-electron chi connectivity index (χ4n) is 1.98. The van der Waals surface area contributed by atoms with E-state index >= 15 is 0 Å². The number of nitrogen functional groups attached to an aromatic ring is 1. The number of benzene rings is 1. The van der Waals surface area contributed by atoms with Gasteiger partial charge in [0.1, 0.15) is 0 Å². The van der Waals surface area contributed by atoms with Crippen molar-refractivity contribution < 1.29 is 4.79 Å². The second kappa shape index (κ2) is 6.89. The Bertz CT molecular complexity index is 388. The Morgan fingerprint density at radius 2 is 1.72 bits per heavy atom. The molecule has 1 amide bonds. The van der Waals surface area contributed by atoms with E-state index in [0.29, 0.717) is 12.2 Å². The van der Waals surface area contributed by atoms with Crippen molar-refractivity contribution in [2.75, 3.05) is 36.8 Å². The number of likely N-dealkylation sites (N-methyl/N-ethyl adjacent to an activating group) is 2. The maximum absolute atomic E-state index is 12.1. The maximum Gasteiger partial charge on any atom is 0.242 e. The van der Waals surface area contributed by atoms with Crippen molar-refractivity contribution in [3.05, 3.63) is 24.3 Å². The summed E-state index contributed by atoms with van der Waals surface area (Å²) in [7, 11) is 0. The minimum atomic E-state index is 0.144. The third kappa shape index (κ3) is 3.39. The second-order valence-corrected chi connectivity index (χ2v) is 4.14. The standard InChI is InChI=1S/C14H23N3O/c1-4-16(5-2)14(18)11-17(6-3)13-10-8-7-9-12(13)15/h7-10H,4-6,11,15H2,1-3H3. The third-order valence-corrected chi connectivity index (χ3v) is 3.10. The molecular weight excluding hydrogens is 226 g/mol. The molecule has 4 nitrogen and oxygen atoms in total. The van der Waals surface area contributed by atoms with Gasteiger partial charge in [0.05, 0.1) is 17.9 Å². The summed E-state index contributed by atoms with van der Waals surface area (Å²) in [5, 5.41) is 0. The molecule has 0 aliphatic carbocycles. The average Bonchev–Trinajstić information content (AvgIpc) is 2.38. The zero-order chi connectivity index (χ0) is 13.5. The Kier molecular flexibility index (Phi) is 5.49. The van der Waals surface area contributed by atoms with Crippen LogP contribution in [0.1, 0.15) is 20.8 Å². The van der Waals surface area contributed by atoms with E-state index in [-0.39, 0.29) is 5.91 Å². The number of anilines is 2. The molecular formula is C14H23N3O. The molecule has 0 aliphatic heterocycles. The molecule has 0 aliphatic rings. The number of nitrogens with zero attached hydrogens (tertiary/aromatic N) is 2. The van der Waals surface area contributed by atoms with Crippen LogP contribution in [0, 0.1) is 0 Å². The van der Waals surface area contributed by atoms with E-state index in [0.717, 1.165) is 25.3 Å². The predicted octanol–water partition coefficient (Wildman–Crippen LogP) is 1.96. The molecule has 0 atom stereocenters. The molecule has 0 saturated carbocycles. The van der Waals surface area contributed by atoms with Gasteiger partial charge in [0, 0.05) is 19.6 Å². The fraction of sp³-hybridized carbons (Fsp3) is 0.500. The van der Waals surface area contributed by atoms with Gasteiger partial charge in [-0.05, 0) is 32.9 Å². The van der Waals surface area contributed by atoms with E-state index in [1.807, 2.05) is 54.8 Å². The zero-order valence-corrected chi connectivity index (χ0v) is 11.5. The zero-order valence-electron chi connectivity index (χ0n) is 11.5. The predicted molar refractivity (Wildman–Crippen MR) is 76.7 cm³/mol. The topological polar surface area (TPSA) is 49.6 Å². The van der Waals surface area contributed by atoms with E-state index < -0.39 is 0 Å². The summed E-state index contributed by atoms with van der Waals surface area (Å²) in [4.78, 5) is 15.9. The second-order valence-electron chi connectivity index (χ2n) is 4.14. The lowest BCUT2D eigenvalue weighted by atomic mass is 10.2. The van der Waals surface area contributed by atoms with Crippen LogP contribution < -0.4 is 10.6 Å². The molecule has 0 unspecified atom stereocenters. The minimum Gasteiger partial charge on any atom is -0.397 e. The van der Waals surface area contributed by atoms with Gasteiger partial charge in [-0.1, -0.05) is 12.1 Å². The van der Waals surface area contributed by atoms with Crippen molar-refractivity contribution in [1.82, 2.24) is 4.90 Å². The highest BCUT2D eigenvalue weighted by Crippen LogP contribution is 2.22. The van der Waals surface area contributed by atoms with Gasteiger partial charge < -0.3 is 15.5 Å². The number of amides is 1. The number of carbonyl (C=O) groups excluding carboxylic acids is 1. The summed E-state index contributed by atoms with van der Waals surface area (Å²) in [6.07, 6.45) is 0. The molecule has 0 saturated heterocycles. The van der Waals surface area contributed by atoms with Crippen molar-refractivity contribution >= 4 is 17.3 Å². The molecule has 0 aromatic heterocycles. The van der Waals surface area contributed by atoms with Gasteiger partial charge in [0.2, 0.25) is 5.91 Å². The third-order valence-electron chi connectivity index (χ3n) is 3.10. The first-order valence-electron chi connectivity index (χ1n) is 6.51. The molecule has 0 radical (unpaired) electrons. The molecule has 2 N–H and O–H groups in total. The molecule has 1 aromatic rings. The number of hydrogen-bond donors (Lipinski definition) is 1. The summed E-state index contributed by atoms with van der Waals surface area (Å²) in [6, 6.07) is 7.66. The van der Waals surface area contributed by atoms with Crippen LogP contribution in [0.3, 0.4) is 0 Å². The lowest BCUT2D eigenvalue weighted by molar-refractivity contribution is -0.129. The molecule has 0 fully saturated rings. The van der Waals surface area contributed by atoms with Crippen LogP contribution in [0.4, 0.5) is 11.4 Å². The highest BCUT2D eigenvalue weighted by atomic mass is 16.2. The van der Waals surface area contributed by atoms with E-state index in [1.165, 1.54) is 0 Å². The fourth-order valence-corrected chi connectivity index (χ4v) is 1.98. The number of hydrogen-bond acceptors (Lipinski definition) is 3. The smallest absolute Gasteiger partial charge is 0.242 e. The molecule has 0 spiro atoms. The monoisotopic (exact) mass is 249 g/mol. The quantitative estimate of drug-likeness (QED) is 0.784. The number of rotatable bonds is 6. The van der Waals surface area contributed by atoms with Gasteiger partial charge >= 0.3 is 0 Å². The molecule has 1 aromatic carbocycles. The highest BCUT2D eigenvalue weighted by molar-refractivity contribution is 5.83. The SMILES string of the molecule is CCN(CC)C(=O)CN(CC)c1ccccc1N. The van der Waals surface area contributed by atoms with Crippen LogP contribution in [0.2, 0.25) is 0 Å². The van der Waals surface area contributed by atoms with Crippen LogP contribution in [-0.4, -0.2) is 37.0 Å². The van der Waals surface area contributed by atoms with Crippen LogP contribution in [0.5, 0.6) is 0 Å². The van der Waals surface area contributed by atoms with E-state index in [1.54, 1.807) is 0 Å². The summed E-state index contributed by atoms with van der Waals surface area (Å²) < 4.78 is 0. The molecule has 4 heteroatoms. The van der Waals surface area contributed by atoms with Gasteiger partial charge in [-0.15, -0.1) is 0 Å². The summed E-state index contributed by atoms with van der Waals surface area (Å²) in [6.45, 7) is 8.66. The molecule has 1 rings (SSSR count). The summed E-state index contributed by atoms with van der Waals surface area (Å²) in [5.74, 6) is 0.144. The van der Waals surface area contributed by atoms with Crippen LogP contribution in [-0.2, 0) is 4.79 Å². The maximum atomic E-state index is 12.1. The van der Waals surface area contributed by atoms with Crippen molar-refractivity contribution in [2.24, 2.45) is 0 Å². The Hall–Kier alpha value is -1.71. The van der Waals surface area contributed by atoms with Crippen LogP contribution in [0.25, 0.3) is 0 Å². The summed E-state index contributed by atoms with van der Waals surface area (Å²) >= 11 is 0. The van der Waals surface area contributed by atoms with Crippen molar-refractivity contribution in [3.63, 3.8) is 0 Å². The Morgan fingerprint density at radius 1 is 1.11 bits per heavy atom. The Labute approximate surface area is 109 Å². The first kappa shape index (κ1) is 14.4. The van der Waals surface area contributed by atoms with Gasteiger partial charge in [0.25, 0.3) is 0 Å². The molecule has 0 bridgehead atoms. The normalized spacial score (nSPS) is 10.2. The van der Waals surface area contributed by atoms with Crippen LogP contribution in [0.15, 0.2) is 24.3 Å². The first-order chi connectivity index (χ1) is 8.63. The van der Waals surface area contributed by atoms with E-state index in [4.69, 9.17) is 5.73 Å². The average molecular weight is 249 g/mol. The number of para-hydroxylation sites is 2. The molecule has 18 heavy (non-hydrogen) atoms. The van der Waals surface area contributed by atoms with Crippen molar-refractivity contribution in [3.8, 4) is 0 Å². The number of carbonyl (C=O) groups is 1. The number of nitrogens with two attached hydrogens (primary N) is 1. The molecule has 100 valence electrons. The Morgan fingerprint density at radius 3 is 2.22 bits per heavy atom. The highest BCUT2D eigenvalue weighted by Gasteiger charge is 2.15. The molecule has 0 heterocycles. The van der Waals surface area contributed by atoms with Gasteiger partial charge in [-0.2, -0.15) is 0 Å². The lowest BCUT2D eigenvalue weighted by Gasteiger charge is -2.27. The van der Waals surface area contributed by atoms with Crippen molar-refractivity contribution in [1.29, 1.82) is 0 Å². The van der Waals surface area contributed by atoms with E-state index in [2.05, 4.69) is 0 Å². The first-order valence-corrected chi connectivity index (χ1v) is 6.51. The van der Waals surface area contributed by atoms with E-state index in [9.17, 15) is 4.79 Å². The Balaban J connectivity index is 2.80. The van der Waals surface area contributed by atoms with Gasteiger partial charge in [0.15, 0.2) is 0 Å². The lowest BCUT2D eigenvalue weighted by Crippen LogP contribution is -2.40. The van der Waals surface area contributed by atoms with Crippen LogP contribution >= 0.6 is 0 Å². The minimum absolute atomic E-state index is 0.144. The summed E-state index contributed by atoms with van der Waals surface area (Å²) in [5.41, 5.74) is 7.59. The van der Waals surface area contributed by atoms with Gasteiger partial charge in [-0.3, -0.25) is 4.79 Å². The van der Waals surface area contributed by atoms with Crippen molar-refractivity contribution in [2.45, 2.75) is 20.8 Å². The largest absolute Gasteiger partial charge is 0.397 e. The van der Waals surface area contributed by atoms with Gasteiger partial charge in [-0.25, -0.2) is 0 Å².